The molecule has 1 aliphatic rings. The zero-order valence-corrected chi connectivity index (χ0v) is 8.41. The first kappa shape index (κ1) is 11.4. The number of hydrogen-bond donors (Lipinski definition) is 1. The molecule has 0 aromatic heterocycles. The topological polar surface area (TPSA) is 49.6 Å². The Morgan fingerprint density at radius 3 is 2.43 bits per heavy atom. The van der Waals surface area contributed by atoms with E-state index >= 15 is 0 Å². The van der Waals surface area contributed by atoms with Gasteiger partial charge in [0.1, 0.15) is 6.67 Å². The van der Waals surface area contributed by atoms with Crippen molar-refractivity contribution in [2.24, 2.45) is 5.73 Å². The van der Waals surface area contributed by atoms with Gasteiger partial charge in [0, 0.05) is 45.7 Å². The van der Waals surface area contributed by atoms with Gasteiger partial charge in [0.25, 0.3) is 0 Å². The lowest BCUT2D eigenvalue weighted by Gasteiger charge is -2.34. The largest absolute Gasteiger partial charge is 0.340 e. The summed E-state index contributed by atoms with van der Waals surface area (Å²) in [6.45, 7) is 3.55. The molecule has 1 amide bonds. The highest BCUT2D eigenvalue weighted by atomic mass is 19.1. The molecule has 0 saturated carbocycles. The number of nitrogens with two attached hydrogens (primary N) is 1. The predicted octanol–water partition coefficient (Wildman–Crippen LogP) is -0.551. The average molecular weight is 203 g/mol. The fourth-order valence-corrected chi connectivity index (χ4v) is 1.62. The minimum absolute atomic E-state index is 0.118. The van der Waals surface area contributed by atoms with Gasteiger partial charge in [-0.15, -0.1) is 0 Å². The molecule has 1 aliphatic heterocycles. The van der Waals surface area contributed by atoms with Gasteiger partial charge < -0.3 is 10.6 Å². The first-order chi connectivity index (χ1) is 6.77. The molecule has 1 saturated heterocycles. The molecule has 14 heavy (non-hydrogen) atoms. The van der Waals surface area contributed by atoms with Crippen LogP contribution in [0.5, 0.6) is 0 Å². The molecule has 0 aliphatic carbocycles. The lowest BCUT2D eigenvalue weighted by atomic mass is 10.3. The van der Waals surface area contributed by atoms with E-state index in [-0.39, 0.29) is 12.6 Å². The second kappa shape index (κ2) is 5.93. The van der Waals surface area contributed by atoms with E-state index in [1.165, 1.54) is 0 Å². The van der Waals surface area contributed by atoms with Gasteiger partial charge in [-0.2, -0.15) is 0 Å². The van der Waals surface area contributed by atoms with Crippen LogP contribution < -0.4 is 5.73 Å². The van der Waals surface area contributed by atoms with Crippen LogP contribution in [0.25, 0.3) is 0 Å². The average Bonchev–Trinajstić information content (AvgIpc) is 2.20. The number of halogens is 1. The summed E-state index contributed by atoms with van der Waals surface area (Å²) < 4.78 is 12.0. The third-order valence-electron chi connectivity index (χ3n) is 2.48. The van der Waals surface area contributed by atoms with Gasteiger partial charge in [0.05, 0.1) is 0 Å². The van der Waals surface area contributed by atoms with E-state index in [9.17, 15) is 9.18 Å². The summed E-state index contributed by atoms with van der Waals surface area (Å²) in [6.07, 6.45) is 0.420. The minimum atomic E-state index is -0.309. The van der Waals surface area contributed by atoms with Gasteiger partial charge in [-0.05, 0) is 0 Å². The third-order valence-corrected chi connectivity index (χ3v) is 2.48. The Kier molecular flexibility index (Phi) is 4.82. The summed E-state index contributed by atoms with van der Waals surface area (Å²) in [5.74, 6) is 0.118. The van der Waals surface area contributed by atoms with Crippen LogP contribution >= 0.6 is 0 Å². The van der Waals surface area contributed by atoms with E-state index in [1.807, 2.05) is 9.80 Å². The Balaban J connectivity index is 2.24. The van der Waals surface area contributed by atoms with Crippen molar-refractivity contribution in [3.63, 3.8) is 0 Å². The molecule has 0 spiro atoms. The maximum Gasteiger partial charge on any atom is 0.223 e. The smallest absolute Gasteiger partial charge is 0.223 e. The van der Waals surface area contributed by atoms with Crippen molar-refractivity contribution < 1.29 is 9.18 Å². The molecule has 1 heterocycles. The van der Waals surface area contributed by atoms with Crippen LogP contribution in [0.1, 0.15) is 6.42 Å². The highest BCUT2D eigenvalue weighted by Crippen LogP contribution is 2.02. The summed E-state index contributed by atoms with van der Waals surface area (Å²) in [4.78, 5) is 15.3. The standard InChI is InChI=1S/C9H18FN3O/c10-2-4-12-5-7-13(8-6-12)9(14)1-3-11/h1-8,11H2. The molecule has 0 aromatic rings. The molecule has 0 radical (unpaired) electrons. The summed E-state index contributed by atoms with van der Waals surface area (Å²) >= 11 is 0. The number of carbonyl (C=O) groups is 1. The summed E-state index contributed by atoms with van der Waals surface area (Å²) in [6, 6.07) is 0. The van der Waals surface area contributed by atoms with Crippen LogP contribution in [0, 0.1) is 0 Å². The van der Waals surface area contributed by atoms with Crippen LogP contribution in [-0.4, -0.2) is 61.7 Å². The molecule has 2 N–H and O–H groups in total. The van der Waals surface area contributed by atoms with E-state index in [4.69, 9.17) is 5.73 Å². The Morgan fingerprint density at radius 1 is 1.29 bits per heavy atom. The molecule has 0 unspecified atom stereocenters. The number of carbonyl (C=O) groups excluding carboxylic acids is 1. The van der Waals surface area contributed by atoms with Gasteiger partial charge in [0.2, 0.25) is 5.91 Å². The monoisotopic (exact) mass is 203 g/mol. The third kappa shape index (κ3) is 3.23. The van der Waals surface area contributed by atoms with Crippen molar-refractivity contribution in [1.82, 2.24) is 9.80 Å². The van der Waals surface area contributed by atoms with E-state index < -0.39 is 0 Å². The van der Waals surface area contributed by atoms with Crippen molar-refractivity contribution in [3.05, 3.63) is 0 Å². The van der Waals surface area contributed by atoms with Gasteiger partial charge >= 0.3 is 0 Å². The van der Waals surface area contributed by atoms with Gasteiger partial charge in [0.15, 0.2) is 0 Å². The SMILES string of the molecule is NCCC(=O)N1CCN(CCF)CC1. The second-order valence-electron chi connectivity index (χ2n) is 3.45. The van der Waals surface area contributed by atoms with E-state index in [1.54, 1.807) is 0 Å². The molecular weight excluding hydrogens is 185 g/mol. The van der Waals surface area contributed by atoms with Crippen molar-refractivity contribution in [3.8, 4) is 0 Å². The maximum absolute atomic E-state index is 12.0. The number of rotatable bonds is 4. The molecule has 1 rings (SSSR count). The zero-order chi connectivity index (χ0) is 10.4. The highest BCUT2D eigenvalue weighted by molar-refractivity contribution is 5.76. The Hall–Kier alpha value is -0.680. The fourth-order valence-electron chi connectivity index (χ4n) is 1.62. The normalized spacial score (nSPS) is 18.6. The molecule has 82 valence electrons. The number of nitrogens with zero attached hydrogens (tertiary/aromatic N) is 2. The van der Waals surface area contributed by atoms with Gasteiger partial charge in [-0.25, -0.2) is 4.39 Å². The minimum Gasteiger partial charge on any atom is -0.340 e. The quantitative estimate of drug-likeness (QED) is 0.667. The van der Waals surface area contributed by atoms with Gasteiger partial charge in [-0.3, -0.25) is 9.69 Å². The van der Waals surface area contributed by atoms with Crippen molar-refractivity contribution >= 4 is 5.91 Å². The predicted molar refractivity (Wildman–Crippen MR) is 52.7 cm³/mol. The number of hydrogen-bond acceptors (Lipinski definition) is 3. The van der Waals surface area contributed by atoms with Crippen LogP contribution in [0.3, 0.4) is 0 Å². The Labute approximate surface area is 83.8 Å². The van der Waals surface area contributed by atoms with E-state index in [0.29, 0.717) is 32.6 Å². The first-order valence-corrected chi connectivity index (χ1v) is 5.04. The molecule has 0 atom stereocenters. The molecule has 0 bridgehead atoms. The summed E-state index contributed by atoms with van der Waals surface area (Å²) in [5.41, 5.74) is 5.30. The Bertz CT molecular complexity index is 181. The van der Waals surface area contributed by atoms with E-state index in [0.717, 1.165) is 13.1 Å². The summed E-state index contributed by atoms with van der Waals surface area (Å²) in [5, 5.41) is 0. The van der Waals surface area contributed by atoms with Crippen LogP contribution in [0.4, 0.5) is 4.39 Å². The second-order valence-corrected chi connectivity index (χ2v) is 3.45. The Morgan fingerprint density at radius 2 is 1.93 bits per heavy atom. The molecule has 4 nitrogen and oxygen atoms in total. The van der Waals surface area contributed by atoms with E-state index in [2.05, 4.69) is 0 Å². The lowest BCUT2D eigenvalue weighted by Crippen LogP contribution is -2.49. The van der Waals surface area contributed by atoms with Crippen molar-refractivity contribution in [2.45, 2.75) is 6.42 Å². The highest BCUT2D eigenvalue weighted by Gasteiger charge is 2.19. The van der Waals surface area contributed by atoms with Crippen LogP contribution in [0.2, 0.25) is 0 Å². The van der Waals surface area contributed by atoms with Crippen LogP contribution in [0.15, 0.2) is 0 Å². The molecule has 0 aromatic carbocycles. The number of piperazine rings is 1. The number of amides is 1. The van der Waals surface area contributed by atoms with Crippen LogP contribution in [-0.2, 0) is 4.79 Å². The summed E-state index contributed by atoms with van der Waals surface area (Å²) in [7, 11) is 0. The molecule has 1 fully saturated rings. The lowest BCUT2D eigenvalue weighted by molar-refractivity contribution is -0.132. The van der Waals surface area contributed by atoms with Crippen molar-refractivity contribution in [1.29, 1.82) is 0 Å². The number of alkyl halides is 1. The van der Waals surface area contributed by atoms with Crippen molar-refractivity contribution in [2.75, 3.05) is 45.9 Å². The fraction of sp³-hybridized carbons (Fsp3) is 0.889. The zero-order valence-electron chi connectivity index (χ0n) is 8.41. The maximum atomic E-state index is 12.0. The van der Waals surface area contributed by atoms with Gasteiger partial charge in [-0.1, -0.05) is 0 Å². The molecule has 5 heteroatoms. The molecular formula is C9H18FN3O. The first-order valence-electron chi connectivity index (χ1n) is 5.04.